The Morgan fingerprint density at radius 2 is 1.73 bits per heavy atom. The van der Waals surface area contributed by atoms with Crippen molar-refractivity contribution in [2.75, 3.05) is 33.2 Å². The molecule has 4 nitrogen and oxygen atoms in total. The zero-order valence-electron chi connectivity index (χ0n) is 14.2. The Labute approximate surface area is 135 Å². The Hall–Kier alpha value is -0.910. The van der Waals surface area contributed by atoms with Crippen molar-refractivity contribution in [3.8, 4) is 0 Å². The van der Waals surface area contributed by atoms with E-state index in [1.165, 1.54) is 11.1 Å². The third-order valence-corrected chi connectivity index (χ3v) is 6.18. The minimum atomic E-state index is -3.36. The molecule has 0 radical (unpaired) electrons. The highest BCUT2D eigenvalue weighted by Crippen LogP contribution is 2.23. The Bertz CT molecular complexity index is 603. The van der Waals surface area contributed by atoms with Gasteiger partial charge in [-0.15, -0.1) is 0 Å². The van der Waals surface area contributed by atoms with Crippen molar-refractivity contribution < 1.29 is 8.42 Å². The lowest BCUT2D eigenvalue weighted by atomic mass is 9.97. The van der Waals surface area contributed by atoms with Crippen LogP contribution in [-0.4, -0.2) is 50.8 Å². The summed E-state index contributed by atoms with van der Waals surface area (Å²) in [5.74, 6) is 0.520. The second-order valence-electron chi connectivity index (χ2n) is 6.59. The predicted octanol–water partition coefficient (Wildman–Crippen LogP) is 2.38. The number of rotatable bonds is 5. The third kappa shape index (κ3) is 3.89. The molecule has 0 aromatic heterocycles. The predicted molar refractivity (Wildman–Crippen MR) is 90.6 cm³/mol. The number of benzene rings is 1. The molecule has 0 bridgehead atoms. The monoisotopic (exact) mass is 324 g/mol. The Morgan fingerprint density at radius 1 is 1.09 bits per heavy atom. The maximum atomic E-state index is 12.8. The van der Waals surface area contributed by atoms with E-state index in [-0.39, 0.29) is 0 Å². The summed E-state index contributed by atoms with van der Waals surface area (Å²) >= 11 is 0. The summed E-state index contributed by atoms with van der Waals surface area (Å²) in [6.45, 7) is 9.20. The molecule has 1 saturated heterocycles. The lowest BCUT2D eigenvalue weighted by Gasteiger charge is -2.31. The molecule has 0 spiro atoms. The molecule has 1 aliphatic rings. The maximum Gasteiger partial charge on any atom is 0.243 e. The van der Waals surface area contributed by atoms with E-state index < -0.39 is 10.0 Å². The highest BCUT2D eigenvalue weighted by Gasteiger charge is 2.27. The molecular weight excluding hydrogens is 296 g/mol. The van der Waals surface area contributed by atoms with Gasteiger partial charge in [-0.25, -0.2) is 8.42 Å². The standard InChI is InChI=1S/C17H28N2O2S/c1-5-15-6-7-17(13-16(15)12-14(2)3)22(20,21)19-10-8-18(4)9-11-19/h6-7,13-14H,5,8-12H2,1-4H3. The van der Waals surface area contributed by atoms with E-state index in [4.69, 9.17) is 0 Å². The van der Waals surface area contributed by atoms with Gasteiger partial charge in [0.2, 0.25) is 10.0 Å². The van der Waals surface area contributed by atoms with Crippen LogP contribution in [0.25, 0.3) is 0 Å². The summed E-state index contributed by atoms with van der Waals surface area (Å²) in [6, 6.07) is 5.66. The van der Waals surface area contributed by atoms with Crippen molar-refractivity contribution in [1.29, 1.82) is 0 Å². The fourth-order valence-electron chi connectivity index (χ4n) is 2.92. The number of piperazine rings is 1. The molecule has 0 unspecified atom stereocenters. The van der Waals surface area contributed by atoms with Crippen LogP contribution < -0.4 is 0 Å². The van der Waals surface area contributed by atoms with E-state index in [1.54, 1.807) is 10.4 Å². The van der Waals surface area contributed by atoms with Crippen molar-refractivity contribution >= 4 is 10.0 Å². The van der Waals surface area contributed by atoms with E-state index in [1.807, 2.05) is 19.2 Å². The molecule has 1 aromatic rings. The number of nitrogens with zero attached hydrogens (tertiary/aromatic N) is 2. The van der Waals surface area contributed by atoms with Gasteiger partial charge in [0.15, 0.2) is 0 Å². The molecule has 0 saturated carbocycles. The minimum absolute atomic E-state index is 0.449. The molecule has 1 fully saturated rings. The Morgan fingerprint density at radius 3 is 2.27 bits per heavy atom. The van der Waals surface area contributed by atoms with Crippen LogP contribution in [0.3, 0.4) is 0 Å². The average molecular weight is 324 g/mol. The van der Waals surface area contributed by atoms with Gasteiger partial charge in [0.05, 0.1) is 4.90 Å². The van der Waals surface area contributed by atoms with Crippen molar-refractivity contribution in [1.82, 2.24) is 9.21 Å². The average Bonchev–Trinajstić information content (AvgIpc) is 2.47. The van der Waals surface area contributed by atoms with Crippen LogP contribution in [0.15, 0.2) is 23.1 Å². The molecule has 1 heterocycles. The summed E-state index contributed by atoms with van der Waals surface area (Å²) in [5.41, 5.74) is 2.43. The second kappa shape index (κ2) is 7.11. The molecule has 1 aromatic carbocycles. The number of likely N-dealkylation sites (N-methyl/N-ethyl adjacent to an activating group) is 1. The fourth-order valence-corrected chi connectivity index (χ4v) is 4.39. The van der Waals surface area contributed by atoms with Crippen molar-refractivity contribution in [3.05, 3.63) is 29.3 Å². The number of aryl methyl sites for hydroxylation is 1. The molecule has 0 N–H and O–H groups in total. The van der Waals surface area contributed by atoms with Gasteiger partial charge in [-0.3, -0.25) is 0 Å². The normalized spacial score (nSPS) is 18.0. The van der Waals surface area contributed by atoms with Crippen LogP contribution in [0.4, 0.5) is 0 Å². The second-order valence-corrected chi connectivity index (χ2v) is 8.53. The highest BCUT2D eigenvalue weighted by atomic mass is 32.2. The molecule has 124 valence electrons. The van der Waals surface area contributed by atoms with Gasteiger partial charge in [0.1, 0.15) is 0 Å². The van der Waals surface area contributed by atoms with Gasteiger partial charge in [-0.1, -0.05) is 26.8 Å². The van der Waals surface area contributed by atoms with Gasteiger partial charge >= 0.3 is 0 Å². The van der Waals surface area contributed by atoms with E-state index >= 15 is 0 Å². The summed E-state index contributed by atoms with van der Waals surface area (Å²) in [6.07, 6.45) is 1.87. The summed E-state index contributed by atoms with van der Waals surface area (Å²) in [5, 5.41) is 0. The fraction of sp³-hybridized carbons (Fsp3) is 0.647. The van der Waals surface area contributed by atoms with Crippen molar-refractivity contribution in [2.45, 2.75) is 38.5 Å². The SMILES string of the molecule is CCc1ccc(S(=O)(=O)N2CCN(C)CC2)cc1CC(C)C. The van der Waals surface area contributed by atoms with Crippen LogP contribution in [0.5, 0.6) is 0 Å². The van der Waals surface area contributed by atoms with Crippen LogP contribution >= 0.6 is 0 Å². The summed E-state index contributed by atoms with van der Waals surface area (Å²) in [4.78, 5) is 2.61. The maximum absolute atomic E-state index is 12.8. The first-order valence-electron chi connectivity index (χ1n) is 8.15. The number of sulfonamides is 1. The number of hydrogen-bond acceptors (Lipinski definition) is 3. The molecular formula is C17H28N2O2S. The van der Waals surface area contributed by atoms with Crippen LogP contribution in [0, 0.1) is 5.92 Å². The molecule has 22 heavy (non-hydrogen) atoms. The van der Waals surface area contributed by atoms with E-state index in [0.717, 1.165) is 25.9 Å². The first-order valence-corrected chi connectivity index (χ1v) is 9.59. The number of hydrogen-bond donors (Lipinski definition) is 0. The lowest BCUT2D eigenvalue weighted by Crippen LogP contribution is -2.47. The molecule has 5 heteroatoms. The van der Waals surface area contributed by atoms with Gasteiger partial charge in [-0.05, 0) is 49.1 Å². The van der Waals surface area contributed by atoms with Gasteiger partial charge in [0.25, 0.3) is 0 Å². The van der Waals surface area contributed by atoms with Crippen LogP contribution in [0.2, 0.25) is 0 Å². The third-order valence-electron chi connectivity index (χ3n) is 4.29. The smallest absolute Gasteiger partial charge is 0.243 e. The molecule has 1 aliphatic heterocycles. The molecule has 2 rings (SSSR count). The van der Waals surface area contributed by atoms with Gasteiger partial charge in [0, 0.05) is 26.2 Å². The lowest BCUT2D eigenvalue weighted by molar-refractivity contribution is 0.222. The van der Waals surface area contributed by atoms with Gasteiger partial charge in [-0.2, -0.15) is 4.31 Å². The minimum Gasteiger partial charge on any atom is -0.304 e. The first kappa shape index (κ1) is 17.4. The van der Waals surface area contributed by atoms with Gasteiger partial charge < -0.3 is 4.90 Å². The topological polar surface area (TPSA) is 40.6 Å². The molecule has 0 amide bonds. The van der Waals surface area contributed by atoms with Crippen molar-refractivity contribution in [3.63, 3.8) is 0 Å². The van der Waals surface area contributed by atoms with E-state index in [0.29, 0.717) is 23.9 Å². The summed E-state index contributed by atoms with van der Waals surface area (Å²) in [7, 11) is -1.33. The first-order chi connectivity index (χ1) is 10.3. The Kier molecular flexibility index (Phi) is 5.64. The largest absolute Gasteiger partial charge is 0.304 e. The van der Waals surface area contributed by atoms with Crippen LogP contribution in [-0.2, 0) is 22.9 Å². The van der Waals surface area contributed by atoms with E-state index in [9.17, 15) is 8.42 Å². The summed E-state index contributed by atoms with van der Waals surface area (Å²) < 4.78 is 27.3. The highest BCUT2D eigenvalue weighted by molar-refractivity contribution is 7.89. The van der Waals surface area contributed by atoms with Crippen molar-refractivity contribution in [2.24, 2.45) is 5.92 Å². The zero-order chi connectivity index (χ0) is 16.3. The Balaban J connectivity index is 2.30. The molecule has 0 aliphatic carbocycles. The molecule has 0 atom stereocenters. The van der Waals surface area contributed by atoms with E-state index in [2.05, 4.69) is 25.7 Å². The van der Waals surface area contributed by atoms with Crippen LogP contribution in [0.1, 0.15) is 31.9 Å². The zero-order valence-corrected chi connectivity index (χ0v) is 15.0. The quantitative estimate of drug-likeness (QED) is 0.835.